The summed E-state index contributed by atoms with van der Waals surface area (Å²) in [5, 5.41) is 36.2. The summed E-state index contributed by atoms with van der Waals surface area (Å²) in [5.41, 5.74) is 7.29. The second-order valence-electron chi connectivity index (χ2n) is 13.6. The Morgan fingerprint density at radius 1 is 1.00 bits per heavy atom. The average Bonchev–Trinajstić information content (AvgIpc) is 3.44. The fourth-order valence-electron chi connectivity index (χ4n) is 6.56. The van der Waals surface area contributed by atoms with E-state index in [0.717, 1.165) is 34.0 Å². The smallest absolute Gasteiger partial charge is 0.416 e. The molecule has 1 saturated carbocycles. The van der Waals surface area contributed by atoms with Crippen LogP contribution in [0, 0.1) is 11.8 Å². The Morgan fingerprint density at radius 2 is 1.80 bits per heavy atom. The van der Waals surface area contributed by atoms with Crippen molar-refractivity contribution < 1.29 is 47.6 Å². The number of amides is 1. The second kappa shape index (κ2) is 19.5. The normalized spacial score (nSPS) is 19.8. The summed E-state index contributed by atoms with van der Waals surface area (Å²) in [5.74, 6) is -1.93. The quantitative estimate of drug-likeness (QED) is 0.0462. The van der Waals surface area contributed by atoms with E-state index in [1.165, 1.54) is 18.2 Å². The lowest BCUT2D eigenvalue weighted by molar-refractivity contribution is -0.145. The number of esters is 1. The number of benzene rings is 3. The summed E-state index contributed by atoms with van der Waals surface area (Å²) in [6.07, 6.45) is 5.02. The molecule has 10 nitrogen and oxygen atoms in total. The number of nitrogens with one attached hydrogen (secondary N) is 1. The van der Waals surface area contributed by atoms with E-state index in [1.54, 1.807) is 42.7 Å². The topological polar surface area (TPSA) is 164 Å². The Hall–Kier alpha value is -5.08. The van der Waals surface area contributed by atoms with Gasteiger partial charge in [-0.05, 0) is 78.1 Å². The molecule has 5 rings (SSSR count). The van der Waals surface area contributed by atoms with Gasteiger partial charge in [0.25, 0.3) is 0 Å². The molecule has 1 aliphatic rings. The van der Waals surface area contributed by atoms with E-state index >= 15 is 0 Å². The predicted octanol–water partition coefficient (Wildman–Crippen LogP) is 6.45. The van der Waals surface area contributed by atoms with Gasteiger partial charge in [-0.25, -0.2) is 0 Å². The summed E-state index contributed by atoms with van der Waals surface area (Å²) in [6.45, 7) is -0.0853. The number of halogens is 3. The van der Waals surface area contributed by atoms with E-state index in [2.05, 4.69) is 10.3 Å². The molecule has 6 atom stereocenters. The van der Waals surface area contributed by atoms with Crippen molar-refractivity contribution in [2.75, 3.05) is 18.5 Å². The van der Waals surface area contributed by atoms with Gasteiger partial charge in [0.1, 0.15) is 25.1 Å². The minimum absolute atomic E-state index is 0.0300. The molecule has 4 aromatic rings. The van der Waals surface area contributed by atoms with E-state index in [4.69, 9.17) is 15.2 Å². The molecule has 6 N–H and O–H groups in total. The molecule has 55 heavy (non-hydrogen) atoms. The van der Waals surface area contributed by atoms with Gasteiger partial charge in [0.2, 0.25) is 5.91 Å². The summed E-state index contributed by atoms with van der Waals surface area (Å²) in [7, 11) is 0. The van der Waals surface area contributed by atoms with Crippen LogP contribution in [-0.2, 0) is 27.1 Å². The largest absolute Gasteiger partial charge is 0.491 e. The molecule has 0 spiro atoms. The number of hydrogen-bond donors (Lipinski definition) is 5. The first kappa shape index (κ1) is 41.1. The van der Waals surface area contributed by atoms with Crippen LogP contribution >= 0.6 is 0 Å². The molecule has 0 aliphatic heterocycles. The maximum absolute atomic E-state index is 13.1. The van der Waals surface area contributed by atoms with Crippen molar-refractivity contribution in [2.45, 2.75) is 69.1 Å². The number of aliphatic hydroxyl groups excluding tert-OH is 3. The van der Waals surface area contributed by atoms with Crippen LogP contribution in [0.1, 0.15) is 54.7 Å². The highest BCUT2D eigenvalue weighted by molar-refractivity contribution is 5.98. The monoisotopic (exact) mass is 761 g/mol. The number of allylic oxidation sites excluding steroid dienone is 2. The highest BCUT2D eigenvalue weighted by atomic mass is 19.4. The number of nitrogens with zero attached hydrogens (tertiary/aromatic N) is 1. The van der Waals surface area contributed by atoms with E-state index in [0.29, 0.717) is 24.9 Å². The molecule has 3 aromatic carbocycles. The summed E-state index contributed by atoms with van der Waals surface area (Å²) in [4.78, 5) is 29.6. The molecule has 1 amide bonds. The zero-order valence-corrected chi connectivity index (χ0v) is 30.1. The Kier molecular flexibility index (Phi) is 14.6. The molecule has 1 aliphatic carbocycles. The molecule has 1 heterocycles. The van der Waals surface area contributed by atoms with Crippen molar-refractivity contribution in [1.29, 1.82) is 0 Å². The van der Waals surface area contributed by atoms with Crippen LogP contribution in [-0.4, -0.2) is 63.6 Å². The van der Waals surface area contributed by atoms with Gasteiger partial charge in [-0.15, -0.1) is 0 Å². The summed E-state index contributed by atoms with van der Waals surface area (Å²) in [6, 6.07) is 19.1. The highest BCUT2D eigenvalue weighted by Gasteiger charge is 2.39. The first-order valence-electron chi connectivity index (χ1n) is 18.2. The number of fused-ring (bicyclic) bond motifs is 1. The third-order valence-electron chi connectivity index (χ3n) is 9.62. The number of unbranched alkanes of at least 4 members (excludes halogenated alkanes) is 1. The lowest BCUT2D eigenvalue weighted by Gasteiger charge is -2.19. The maximum Gasteiger partial charge on any atom is 0.416 e. The Labute approximate surface area is 317 Å². The minimum Gasteiger partial charge on any atom is -0.491 e. The molecule has 0 saturated heterocycles. The number of rotatable bonds is 17. The van der Waals surface area contributed by atoms with Crippen molar-refractivity contribution >= 4 is 28.3 Å². The van der Waals surface area contributed by atoms with E-state index in [1.807, 2.05) is 36.4 Å². The molecule has 1 fully saturated rings. The number of anilines is 1. The van der Waals surface area contributed by atoms with Crippen LogP contribution in [0.2, 0.25) is 0 Å². The van der Waals surface area contributed by atoms with Gasteiger partial charge < -0.3 is 35.8 Å². The fraction of sp³-hybridized carbons (Fsp3) is 0.357. The van der Waals surface area contributed by atoms with Crippen molar-refractivity contribution in [2.24, 2.45) is 17.6 Å². The van der Waals surface area contributed by atoms with Crippen LogP contribution in [0.25, 0.3) is 10.8 Å². The van der Waals surface area contributed by atoms with Crippen molar-refractivity contribution in [3.8, 4) is 5.75 Å². The van der Waals surface area contributed by atoms with Gasteiger partial charge in [0.15, 0.2) is 0 Å². The van der Waals surface area contributed by atoms with Crippen LogP contribution in [0.3, 0.4) is 0 Å². The van der Waals surface area contributed by atoms with E-state index in [-0.39, 0.29) is 56.1 Å². The van der Waals surface area contributed by atoms with Crippen molar-refractivity contribution in [3.05, 3.63) is 126 Å². The van der Waals surface area contributed by atoms with Gasteiger partial charge in [0, 0.05) is 48.8 Å². The number of hydrogen-bond acceptors (Lipinski definition) is 9. The molecule has 292 valence electrons. The van der Waals surface area contributed by atoms with Crippen LogP contribution in [0.15, 0.2) is 109 Å². The third kappa shape index (κ3) is 12.0. The van der Waals surface area contributed by atoms with Crippen molar-refractivity contribution in [1.82, 2.24) is 4.98 Å². The van der Waals surface area contributed by atoms with Gasteiger partial charge in [-0.3, -0.25) is 14.6 Å². The predicted molar refractivity (Wildman–Crippen MR) is 202 cm³/mol. The van der Waals surface area contributed by atoms with Crippen molar-refractivity contribution in [3.63, 3.8) is 0 Å². The maximum atomic E-state index is 13.1. The fourth-order valence-corrected chi connectivity index (χ4v) is 6.56. The number of carbonyl (C=O) groups excluding carboxylic acids is 2. The van der Waals surface area contributed by atoms with Crippen LogP contribution in [0.4, 0.5) is 18.9 Å². The van der Waals surface area contributed by atoms with Gasteiger partial charge in [-0.1, -0.05) is 60.7 Å². The number of aromatic nitrogens is 1. The molecule has 0 radical (unpaired) electrons. The summed E-state index contributed by atoms with van der Waals surface area (Å²) >= 11 is 0. The first-order valence-corrected chi connectivity index (χ1v) is 18.2. The molecular formula is C42H46F3N3O7. The lowest BCUT2D eigenvalue weighted by atomic mass is 9.89. The van der Waals surface area contributed by atoms with Gasteiger partial charge in [-0.2, -0.15) is 13.2 Å². The summed E-state index contributed by atoms with van der Waals surface area (Å²) < 4.78 is 49.6. The third-order valence-corrected chi connectivity index (χ3v) is 9.62. The van der Waals surface area contributed by atoms with Gasteiger partial charge in [0.05, 0.1) is 23.7 Å². The molecular weight excluding hydrogens is 715 g/mol. The number of pyridine rings is 1. The number of nitrogens with two attached hydrogens (primary N) is 1. The zero-order valence-electron chi connectivity index (χ0n) is 30.1. The molecule has 2 unspecified atom stereocenters. The zero-order chi connectivity index (χ0) is 39.4. The van der Waals surface area contributed by atoms with Crippen LogP contribution < -0.4 is 15.8 Å². The minimum atomic E-state index is -4.51. The number of carbonyl (C=O) groups is 2. The Bertz CT molecular complexity index is 1940. The Morgan fingerprint density at radius 3 is 2.56 bits per heavy atom. The lowest BCUT2D eigenvalue weighted by Crippen LogP contribution is -2.27. The molecule has 13 heteroatoms. The molecule has 1 aromatic heterocycles. The number of alkyl halides is 3. The number of ether oxygens (including phenoxy) is 2. The first-order chi connectivity index (χ1) is 26.4. The highest BCUT2D eigenvalue weighted by Crippen LogP contribution is 2.36. The van der Waals surface area contributed by atoms with E-state index in [9.17, 15) is 38.1 Å². The molecule has 0 bridgehead atoms. The standard InChI is InChI=1S/C42H46F3N3O7/c43-42(44,45)31-6-5-7-34(21-31)54-26-33(49)16-17-36-35(38(50)22-39(36)51)8-3-1-2-4-9-40(52)55-25-27-10-12-28(13-11-27)37(23-46)41(53)48-32-15-14-30-24-47-19-18-29(30)20-32/h1,3,5-7,10-21,24,33,35-39,49-51H,2,4,8-9,22-23,25-26,46H2,(H,48,53)/b3-1+,17-16+/t33?,35-,36-,37?,38+,39-/m1/s1. The second-order valence-corrected chi connectivity index (χ2v) is 13.6. The number of aliphatic hydroxyl groups is 3. The van der Waals surface area contributed by atoms with Crippen LogP contribution in [0.5, 0.6) is 5.75 Å². The van der Waals surface area contributed by atoms with Gasteiger partial charge >= 0.3 is 12.1 Å². The average molecular weight is 762 g/mol. The Balaban J connectivity index is 1.00. The SMILES string of the molecule is NCC(C(=O)Nc1ccc2cnccc2c1)c1ccc(COC(=O)CCC/C=C/C[C@@H]2[C@@H](/C=C/C(O)COc3cccc(C(F)(F)F)c3)[C@H](O)C[C@@H]2O)cc1. The van der Waals surface area contributed by atoms with E-state index < -0.39 is 41.9 Å².